The Morgan fingerprint density at radius 3 is 0.963 bits per heavy atom. The maximum absolute atomic E-state index is 3.69. The third kappa shape index (κ3) is 7.38. The van der Waals surface area contributed by atoms with Crippen molar-refractivity contribution in [2.45, 2.75) is 108 Å². The first-order chi connectivity index (χ1) is 26.4. The number of rotatable bonds is 12. The fourth-order valence-electron chi connectivity index (χ4n) is 14.4. The second-order valence-corrected chi connectivity index (χ2v) is 24.8. The molecule has 0 amide bonds. The van der Waals surface area contributed by atoms with Crippen LogP contribution in [0.1, 0.15) is 103 Å². The molecule has 0 aromatic heterocycles. The summed E-state index contributed by atoms with van der Waals surface area (Å²) in [7, 11) is 3.08. The Balaban J connectivity index is 0.000000143. The van der Waals surface area contributed by atoms with Gasteiger partial charge in [-0.25, -0.2) is 0 Å². The highest BCUT2D eigenvalue weighted by atomic mass is 31.1. The van der Waals surface area contributed by atoms with Crippen molar-refractivity contribution in [2.24, 2.45) is 46.3 Å². The Morgan fingerprint density at radius 1 is 0.463 bits per heavy atom. The van der Waals surface area contributed by atoms with E-state index in [0.717, 1.165) is 35.5 Å². The second-order valence-electron chi connectivity index (χ2n) is 19.1. The first-order valence-electron chi connectivity index (χ1n) is 22.0. The smallest absolute Gasteiger partial charge is 0.00373 e. The fourth-order valence-corrected chi connectivity index (χ4v) is 20.4. The molecule has 3 heteroatoms. The van der Waals surface area contributed by atoms with Crippen LogP contribution in [0.4, 0.5) is 0 Å². The van der Waals surface area contributed by atoms with Gasteiger partial charge in [-0.2, -0.15) is 0 Å². The monoisotopic (exact) mass is 770 g/mol. The maximum atomic E-state index is 3.69. The largest absolute Gasteiger partial charge is 0.130 e. The lowest BCUT2D eigenvalue weighted by atomic mass is 9.37. The second kappa shape index (κ2) is 16.2. The average Bonchev–Trinajstić information content (AvgIpc) is 3.19. The van der Waals surface area contributed by atoms with Crippen molar-refractivity contribution in [3.8, 4) is 0 Å². The topological polar surface area (TPSA) is 0 Å². The zero-order valence-electron chi connectivity index (χ0n) is 33.0. The van der Waals surface area contributed by atoms with Crippen LogP contribution >= 0.6 is 25.1 Å². The van der Waals surface area contributed by atoms with Gasteiger partial charge in [0.05, 0.1) is 0 Å². The van der Waals surface area contributed by atoms with E-state index in [2.05, 4.69) is 137 Å². The molecular weight excluding hydrogens is 705 g/mol. The van der Waals surface area contributed by atoms with Gasteiger partial charge in [0, 0.05) is 0 Å². The molecule has 8 aliphatic carbocycles. The third-order valence-electron chi connectivity index (χ3n) is 15.6. The normalized spacial score (nSPS) is 32.7. The predicted octanol–water partition coefficient (Wildman–Crippen LogP) is 12.5. The molecule has 4 aromatic rings. The first kappa shape index (κ1) is 37.7. The van der Waals surface area contributed by atoms with Crippen LogP contribution in [0.5, 0.6) is 0 Å². The molecule has 8 fully saturated rings. The molecule has 0 heterocycles. The van der Waals surface area contributed by atoms with E-state index >= 15 is 0 Å². The van der Waals surface area contributed by atoms with E-state index in [1.54, 1.807) is 77.0 Å². The van der Waals surface area contributed by atoms with Crippen LogP contribution in [0, 0.1) is 46.3 Å². The lowest BCUT2D eigenvalue weighted by Crippen LogP contribution is -2.65. The van der Waals surface area contributed by atoms with Crippen molar-refractivity contribution in [3.05, 3.63) is 121 Å². The van der Waals surface area contributed by atoms with E-state index in [1.807, 2.05) is 0 Å². The molecule has 0 aliphatic heterocycles. The van der Waals surface area contributed by atoms with Crippen LogP contribution in [0.15, 0.2) is 121 Å². The summed E-state index contributed by atoms with van der Waals surface area (Å²) in [6.45, 7) is 2.49. The summed E-state index contributed by atoms with van der Waals surface area (Å²) in [5.74, 6) is 6.65. The highest BCUT2D eigenvalue weighted by Gasteiger charge is 2.67. The Morgan fingerprint density at radius 2 is 0.722 bits per heavy atom. The Labute approximate surface area is 333 Å². The molecule has 0 spiro atoms. The lowest BCUT2D eigenvalue weighted by molar-refractivity contribution is -0.157. The van der Waals surface area contributed by atoms with E-state index in [0.29, 0.717) is 16.0 Å². The average molecular weight is 771 g/mol. The van der Waals surface area contributed by atoms with Gasteiger partial charge in [0.15, 0.2) is 0 Å². The zero-order valence-corrected chi connectivity index (χ0v) is 35.9. The van der Waals surface area contributed by atoms with Crippen LogP contribution in [0.3, 0.4) is 0 Å². The van der Waals surface area contributed by atoms with Crippen molar-refractivity contribution < 1.29 is 0 Å². The van der Waals surface area contributed by atoms with Gasteiger partial charge in [-0.05, 0) is 191 Å². The van der Waals surface area contributed by atoms with Gasteiger partial charge in [0.1, 0.15) is 0 Å². The first-order valence-corrected chi connectivity index (χ1v) is 25.6. The zero-order chi connectivity index (χ0) is 36.6. The van der Waals surface area contributed by atoms with Gasteiger partial charge in [-0.3, -0.25) is 0 Å². The molecule has 0 radical (unpaired) electrons. The van der Waals surface area contributed by atoms with E-state index in [4.69, 9.17) is 0 Å². The molecule has 12 rings (SSSR count). The number of hydrogen-bond donors (Lipinski definition) is 0. The lowest BCUT2D eigenvalue weighted by Gasteiger charge is -2.72. The number of hydrogen-bond acceptors (Lipinski definition) is 0. The van der Waals surface area contributed by atoms with Gasteiger partial charge in [-0.15, -0.1) is 9.24 Å². The predicted molar refractivity (Wildman–Crippen MR) is 241 cm³/mol. The van der Waals surface area contributed by atoms with Gasteiger partial charge in [-0.1, -0.05) is 135 Å². The summed E-state index contributed by atoms with van der Waals surface area (Å²) in [5, 5.41) is 6.52. The summed E-state index contributed by atoms with van der Waals surface area (Å²) in [4.78, 5) is 0. The Bertz CT molecular complexity index is 1510. The molecule has 0 N–H and O–H groups in total. The molecular formula is C51H65P3. The molecule has 54 heavy (non-hydrogen) atoms. The minimum atomic E-state index is -0.309. The van der Waals surface area contributed by atoms with E-state index in [1.165, 1.54) is 52.8 Å². The van der Waals surface area contributed by atoms with Crippen molar-refractivity contribution in [2.75, 3.05) is 12.3 Å². The van der Waals surface area contributed by atoms with Crippen LogP contribution in [-0.4, -0.2) is 17.5 Å². The van der Waals surface area contributed by atoms with Crippen molar-refractivity contribution in [1.29, 1.82) is 0 Å². The van der Waals surface area contributed by atoms with E-state index in [-0.39, 0.29) is 15.8 Å². The van der Waals surface area contributed by atoms with Crippen LogP contribution in [0.2, 0.25) is 0 Å². The SMILES string of the molecule is CCCC(P)(C12CC3CC(CC(C3)C1)C2)C12CC3CC(CC(C3)C1)C2.c1ccc(P(CCCP(c2ccccc2)c2ccccc2)c2ccccc2)cc1. The summed E-state index contributed by atoms with van der Waals surface area (Å²) in [5.41, 5.74) is 1.43. The Hall–Kier alpha value is -1.83. The molecule has 1 unspecified atom stereocenters. The maximum Gasteiger partial charge on any atom is -0.00373 e. The summed E-state index contributed by atoms with van der Waals surface area (Å²) < 4.78 is 0. The summed E-state index contributed by atoms with van der Waals surface area (Å²) in [6, 6.07) is 44.3. The molecule has 0 nitrogen and oxygen atoms in total. The van der Waals surface area contributed by atoms with Crippen LogP contribution in [0.25, 0.3) is 0 Å². The van der Waals surface area contributed by atoms with E-state index < -0.39 is 0 Å². The van der Waals surface area contributed by atoms with Gasteiger partial charge in [0.25, 0.3) is 0 Å². The minimum Gasteiger partial charge on any atom is -0.130 e. The molecule has 284 valence electrons. The van der Waals surface area contributed by atoms with Crippen molar-refractivity contribution in [3.63, 3.8) is 0 Å². The standard InChI is InChI=1S/C27H26P2.C24H39P/c1-5-14-24(15-6-1)28(25-16-7-2-8-17-25)22-13-23-29(26-18-9-3-10-19-26)27-20-11-4-12-21-27;1-2-3-24(25,22-10-16-4-17(11-22)6-18(5-16)12-22)23-13-19-7-20(14-23)9-21(8-19)15-23/h1-12,14-21H,13,22-23H2;16-21H,2-15,25H2,1H3. The molecule has 4 aromatic carbocycles. The third-order valence-corrected chi connectivity index (χ3v) is 22.4. The summed E-state index contributed by atoms with van der Waals surface area (Å²) >= 11 is 0. The quantitative estimate of drug-likeness (QED) is 0.126. The Kier molecular flexibility index (Phi) is 11.3. The number of benzene rings is 4. The molecule has 8 saturated carbocycles. The minimum absolute atomic E-state index is 0.309. The van der Waals surface area contributed by atoms with E-state index in [9.17, 15) is 0 Å². The van der Waals surface area contributed by atoms with Gasteiger partial charge < -0.3 is 0 Å². The molecule has 8 bridgehead atoms. The van der Waals surface area contributed by atoms with Gasteiger partial charge in [0.2, 0.25) is 0 Å². The highest BCUT2D eigenvalue weighted by molar-refractivity contribution is 7.74. The van der Waals surface area contributed by atoms with Crippen molar-refractivity contribution in [1.82, 2.24) is 0 Å². The fraction of sp³-hybridized carbons (Fsp3) is 0.529. The molecule has 0 saturated heterocycles. The van der Waals surface area contributed by atoms with Crippen LogP contribution in [-0.2, 0) is 0 Å². The summed E-state index contributed by atoms with van der Waals surface area (Å²) in [6.07, 6.45) is 26.0. The van der Waals surface area contributed by atoms with Gasteiger partial charge >= 0.3 is 0 Å². The molecule has 1 atom stereocenters. The molecule has 8 aliphatic rings. The van der Waals surface area contributed by atoms with Crippen LogP contribution < -0.4 is 21.2 Å². The van der Waals surface area contributed by atoms with Crippen molar-refractivity contribution >= 4 is 46.3 Å². The highest BCUT2D eigenvalue weighted by Crippen LogP contribution is 2.76.